The predicted octanol–water partition coefficient (Wildman–Crippen LogP) is 11.6. The molecule has 0 aliphatic carbocycles. The Labute approximate surface area is 356 Å². The van der Waals surface area contributed by atoms with E-state index in [1.165, 1.54) is 4.90 Å². The molecule has 0 saturated carbocycles. The van der Waals surface area contributed by atoms with E-state index in [1.54, 1.807) is 42.5 Å². The van der Waals surface area contributed by atoms with Crippen molar-refractivity contribution in [2.45, 2.75) is 6.23 Å². The molecule has 0 fully saturated rings. The molecule has 288 valence electrons. The Morgan fingerprint density at radius 2 is 1.00 bits per heavy atom. The van der Waals surface area contributed by atoms with Crippen LogP contribution in [0.1, 0.15) is 44.4 Å². The summed E-state index contributed by atoms with van der Waals surface area (Å²) in [5.41, 5.74) is 11.5. The first-order chi connectivity index (χ1) is 30.4. The Hall–Kier alpha value is -9.05. The van der Waals surface area contributed by atoms with Crippen LogP contribution in [0, 0.1) is 45.3 Å². The quantitative estimate of drug-likeness (QED) is 0.178. The van der Waals surface area contributed by atoms with E-state index < -0.39 is 6.23 Å². The van der Waals surface area contributed by atoms with Gasteiger partial charge in [-0.1, -0.05) is 103 Å². The van der Waals surface area contributed by atoms with Gasteiger partial charge >= 0.3 is 0 Å². The minimum absolute atomic E-state index is 0.357. The molecule has 1 amide bonds. The average Bonchev–Trinajstić information content (AvgIpc) is 3.80. The number of nitrogens with zero attached hydrogens (tertiary/aromatic N) is 6. The van der Waals surface area contributed by atoms with Gasteiger partial charge in [0.15, 0.2) is 6.23 Å². The monoisotopic (exact) mass is 794 g/mol. The van der Waals surface area contributed by atoms with E-state index in [9.17, 15) is 26.2 Å². The third kappa shape index (κ3) is 5.97. The molecule has 10 rings (SSSR count). The summed E-state index contributed by atoms with van der Waals surface area (Å²) in [6.45, 7) is 0. The molecule has 0 bridgehead atoms. The number of hydrogen-bond donors (Lipinski definition) is 1. The SMILES string of the molecule is N#Cc1ccc(-c2ccc3c(c2)c2cc(-c4ccc(C#N)cc4C#N)ccc2n3-c2cccc3c2C(=O)N(c2ccc(-c4ccccc4)cc2-c2ccccc2)C3O)c(C#N)c1. The highest BCUT2D eigenvalue weighted by atomic mass is 16.3. The van der Waals surface area contributed by atoms with Crippen molar-refractivity contribution in [2.75, 3.05) is 4.90 Å². The highest BCUT2D eigenvalue weighted by molar-refractivity contribution is 6.17. The maximum absolute atomic E-state index is 15.1. The zero-order chi connectivity index (χ0) is 42.5. The van der Waals surface area contributed by atoms with Crippen LogP contribution in [0.2, 0.25) is 0 Å². The number of rotatable bonds is 6. The molecular formula is C54H30N6O2. The topological polar surface area (TPSA) is 141 Å². The fraction of sp³-hybridized carbons (Fsp3) is 0.0185. The molecule has 1 unspecified atom stereocenters. The number of aliphatic hydroxyl groups is 1. The average molecular weight is 795 g/mol. The zero-order valence-corrected chi connectivity index (χ0v) is 32.8. The van der Waals surface area contributed by atoms with Crippen molar-refractivity contribution < 1.29 is 9.90 Å². The minimum atomic E-state index is -1.28. The van der Waals surface area contributed by atoms with Crippen LogP contribution >= 0.6 is 0 Å². The maximum atomic E-state index is 15.1. The Morgan fingerprint density at radius 1 is 0.452 bits per heavy atom. The fourth-order valence-electron chi connectivity index (χ4n) is 8.74. The van der Waals surface area contributed by atoms with E-state index in [2.05, 4.69) is 30.3 Å². The Kier molecular flexibility index (Phi) is 8.98. The predicted molar refractivity (Wildman–Crippen MR) is 240 cm³/mol. The summed E-state index contributed by atoms with van der Waals surface area (Å²) in [5.74, 6) is -0.358. The van der Waals surface area contributed by atoms with Gasteiger partial charge in [0.05, 0.1) is 74.5 Å². The number of aliphatic hydroxyl groups excluding tert-OH is 1. The van der Waals surface area contributed by atoms with Gasteiger partial charge in [-0.15, -0.1) is 0 Å². The molecule has 2 heterocycles. The fourth-order valence-corrected chi connectivity index (χ4v) is 8.74. The number of benzene rings is 8. The standard InChI is InChI=1S/C54H30N6O2/c55-29-33-14-19-42(40(24-33)31-57)38-17-22-49-46(27-38)47-28-39(43-20-15-34(30-56)25-41(43)32-58)18-23-50(47)59(49)51-13-7-12-44-52(51)54(62)60(53(44)61)48-21-16-37(35-8-3-1-4-9-35)26-45(48)36-10-5-2-6-11-36/h1-28,53,61H. The number of amides is 1. The molecule has 0 radical (unpaired) electrons. The van der Waals surface area contributed by atoms with Crippen molar-refractivity contribution in [3.8, 4) is 74.5 Å². The summed E-state index contributed by atoms with van der Waals surface area (Å²) < 4.78 is 2.02. The summed E-state index contributed by atoms with van der Waals surface area (Å²) in [5, 5.41) is 53.1. The number of carbonyl (C=O) groups is 1. The normalized spacial score (nSPS) is 13.0. The van der Waals surface area contributed by atoms with Crippen LogP contribution in [0.5, 0.6) is 0 Å². The zero-order valence-electron chi connectivity index (χ0n) is 32.8. The second-order valence-electron chi connectivity index (χ2n) is 15.0. The van der Waals surface area contributed by atoms with Crippen LogP contribution in [0.25, 0.3) is 72.0 Å². The van der Waals surface area contributed by atoms with Crippen LogP contribution in [0.4, 0.5) is 5.69 Å². The second kappa shape index (κ2) is 15.0. The molecular weight excluding hydrogens is 765 g/mol. The highest BCUT2D eigenvalue weighted by Gasteiger charge is 2.40. The maximum Gasteiger partial charge on any atom is 0.263 e. The minimum Gasteiger partial charge on any atom is -0.369 e. The first-order valence-electron chi connectivity index (χ1n) is 19.8. The van der Waals surface area contributed by atoms with Gasteiger partial charge in [0.2, 0.25) is 0 Å². The Morgan fingerprint density at radius 3 is 1.55 bits per heavy atom. The lowest BCUT2D eigenvalue weighted by atomic mass is 9.95. The van der Waals surface area contributed by atoms with Crippen molar-refractivity contribution in [2.24, 2.45) is 0 Å². The van der Waals surface area contributed by atoms with E-state index >= 15 is 4.79 Å². The van der Waals surface area contributed by atoms with Crippen molar-refractivity contribution in [1.82, 2.24) is 4.57 Å². The first-order valence-corrected chi connectivity index (χ1v) is 19.8. The Balaban J connectivity index is 1.18. The molecule has 1 aliphatic rings. The van der Waals surface area contributed by atoms with E-state index in [4.69, 9.17) is 0 Å². The van der Waals surface area contributed by atoms with E-state index in [0.717, 1.165) is 55.2 Å². The van der Waals surface area contributed by atoms with Crippen LogP contribution in [-0.4, -0.2) is 15.6 Å². The lowest BCUT2D eigenvalue weighted by molar-refractivity contribution is 0.0935. The molecule has 1 N–H and O–H groups in total. The highest BCUT2D eigenvalue weighted by Crippen LogP contribution is 2.46. The molecule has 8 nitrogen and oxygen atoms in total. The molecule has 8 aromatic carbocycles. The summed E-state index contributed by atoms with van der Waals surface area (Å²) in [4.78, 5) is 16.6. The van der Waals surface area contributed by atoms with Crippen molar-refractivity contribution in [3.63, 3.8) is 0 Å². The molecule has 9 aromatic rings. The number of anilines is 1. The van der Waals surface area contributed by atoms with Gasteiger partial charge in [0, 0.05) is 21.9 Å². The van der Waals surface area contributed by atoms with Gasteiger partial charge in [-0.3, -0.25) is 9.69 Å². The van der Waals surface area contributed by atoms with Crippen molar-refractivity contribution >= 4 is 33.4 Å². The largest absolute Gasteiger partial charge is 0.369 e. The van der Waals surface area contributed by atoms with Gasteiger partial charge in [-0.05, 0) is 106 Å². The number of fused-ring (bicyclic) bond motifs is 4. The lowest BCUT2D eigenvalue weighted by Gasteiger charge is -2.25. The van der Waals surface area contributed by atoms with Gasteiger partial charge in [-0.2, -0.15) is 21.0 Å². The van der Waals surface area contributed by atoms with E-state index in [1.807, 2.05) is 126 Å². The molecule has 0 spiro atoms. The van der Waals surface area contributed by atoms with E-state index in [0.29, 0.717) is 55.9 Å². The summed E-state index contributed by atoms with van der Waals surface area (Å²) in [6, 6.07) is 61.8. The van der Waals surface area contributed by atoms with Gasteiger partial charge in [-0.25, -0.2) is 0 Å². The Bertz CT molecular complexity index is 3380. The van der Waals surface area contributed by atoms with Gasteiger partial charge < -0.3 is 9.67 Å². The smallest absolute Gasteiger partial charge is 0.263 e. The third-order valence-electron chi connectivity index (χ3n) is 11.6. The number of nitriles is 4. The third-order valence-corrected chi connectivity index (χ3v) is 11.6. The molecule has 62 heavy (non-hydrogen) atoms. The van der Waals surface area contributed by atoms with E-state index in [-0.39, 0.29) is 5.91 Å². The summed E-state index contributed by atoms with van der Waals surface area (Å²) in [6.07, 6.45) is -1.28. The van der Waals surface area contributed by atoms with Crippen molar-refractivity contribution in [1.29, 1.82) is 21.0 Å². The second-order valence-corrected chi connectivity index (χ2v) is 15.0. The summed E-state index contributed by atoms with van der Waals surface area (Å²) in [7, 11) is 0. The number of carbonyl (C=O) groups excluding carboxylic acids is 1. The number of hydrogen-bond acceptors (Lipinski definition) is 6. The molecule has 0 saturated heterocycles. The van der Waals surface area contributed by atoms with Gasteiger partial charge in [0.1, 0.15) is 0 Å². The first kappa shape index (κ1) is 37.2. The molecule has 1 aliphatic heterocycles. The molecule has 1 atom stereocenters. The van der Waals surface area contributed by atoms with Crippen molar-refractivity contribution in [3.05, 3.63) is 203 Å². The van der Waals surface area contributed by atoms with Crippen LogP contribution in [0.15, 0.2) is 170 Å². The number of aromatic nitrogens is 1. The molecule has 1 aromatic heterocycles. The van der Waals surface area contributed by atoms with Gasteiger partial charge in [0.25, 0.3) is 5.91 Å². The lowest BCUT2D eigenvalue weighted by Crippen LogP contribution is -2.28. The summed E-state index contributed by atoms with van der Waals surface area (Å²) >= 11 is 0. The van der Waals surface area contributed by atoms with Crippen LogP contribution < -0.4 is 4.90 Å². The van der Waals surface area contributed by atoms with Crippen LogP contribution in [0.3, 0.4) is 0 Å². The molecule has 8 heteroatoms. The van der Waals surface area contributed by atoms with Crippen LogP contribution in [-0.2, 0) is 0 Å².